The Morgan fingerprint density at radius 3 is 2.52 bits per heavy atom. The molecule has 0 saturated carbocycles. The van der Waals surface area contributed by atoms with E-state index < -0.39 is 10.0 Å². The van der Waals surface area contributed by atoms with Crippen LogP contribution >= 0.6 is 11.6 Å². The molecule has 4 rings (SSSR count). The highest BCUT2D eigenvalue weighted by molar-refractivity contribution is 7.89. The summed E-state index contributed by atoms with van der Waals surface area (Å²) >= 11 is 6.02. The van der Waals surface area contributed by atoms with Crippen LogP contribution in [0.15, 0.2) is 53.6 Å². The van der Waals surface area contributed by atoms with Gasteiger partial charge in [0.05, 0.1) is 4.90 Å². The molecular weight excluding hydrogens is 436 g/mol. The van der Waals surface area contributed by atoms with Crippen molar-refractivity contribution in [3.63, 3.8) is 0 Å². The van der Waals surface area contributed by atoms with E-state index in [1.54, 1.807) is 29.2 Å². The van der Waals surface area contributed by atoms with Gasteiger partial charge in [-0.05, 0) is 55.8 Å². The Labute approximate surface area is 187 Å². The SMILES string of the molecule is CCn1ccc2cc(S(=O)(=O)N3CCN(C(=O)Nc4cc(Cl)ccc4C)CC3)ccc21. The zero-order valence-corrected chi connectivity index (χ0v) is 19.1. The molecule has 9 heteroatoms. The molecule has 1 aliphatic rings. The van der Waals surface area contributed by atoms with E-state index in [4.69, 9.17) is 11.6 Å². The number of nitrogens with zero attached hydrogens (tertiary/aromatic N) is 3. The van der Waals surface area contributed by atoms with Gasteiger partial charge in [0.25, 0.3) is 0 Å². The first kappa shape index (κ1) is 21.7. The number of aromatic nitrogens is 1. The van der Waals surface area contributed by atoms with Gasteiger partial charge in [-0.15, -0.1) is 0 Å². The lowest BCUT2D eigenvalue weighted by atomic mass is 10.2. The van der Waals surface area contributed by atoms with Crippen LogP contribution in [0.1, 0.15) is 12.5 Å². The van der Waals surface area contributed by atoms with E-state index in [2.05, 4.69) is 9.88 Å². The molecule has 0 aliphatic carbocycles. The van der Waals surface area contributed by atoms with Gasteiger partial charge in [0.2, 0.25) is 10.0 Å². The lowest BCUT2D eigenvalue weighted by Crippen LogP contribution is -2.51. The number of anilines is 1. The molecule has 0 atom stereocenters. The van der Waals surface area contributed by atoms with Crippen LogP contribution < -0.4 is 5.32 Å². The summed E-state index contributed by atoms with van der Waals surface area (Å²) in [6.07, 6.45) is 1.96. The maximum absolute atomic E-state index is 13.1. The van der Waals surface area contributed by atoms with Crippen LogP contribution in [0.5, 0.6) is 0 Å². The fourth-order valence-corrected chi connectivity index (χ4v) is 5.45. The Morgan fingerprint density at radius 1 is 1.06 bits per heavy atom. The topological polar surface area (TPSA) is 74.7 Å². The predicted molar refractivity (Wildman–Crippen MR) is 123 cm³/mol. The van der Waals surface area contributed by atoms with Gasteiger partial charge in [0.15, 0.2) is 0 Å². The highest BCUT2D eigenvalue weighted by Gasteiger charge is 2.30. The lowest BCUT2D eigenvalue weighted by molar-refractivity contribution is 0.184. The number of benzene rings is 2. The molecular formula is C22H25ClN4O3S. The first-order valence-electron chi connectivity index (χ1n) is 10.2. The Balaban J connectivity index is 1.44. The summed E-state index contributed by atoms with van der Waals surface area (Å²) in [7, 11) is -3.62. The maximum atomic E-state index is 13.1. The van der Waals surface area contributed by atoms with Crippen LogP contribution in [-0.2, 0) is 16.6 Å². The summed E-state index contributed by atoms with van der Waals surface area (Å²) in [5, 5.41) is 4.31. The van der Waals surface area contributed by atoms with Gasteiger partial charge in [-0.1, -0.05) is 17.7 Å². The molecule has 1 N–H and O–H groups in total. The van der Waals surface area contributed by atoms with Crippen molar-refractivity contribution in [3.8, 4) is 0 Å². The predicted octanol–water partition coefficient (Wildman–Crippen LogP) is 4.16. The van der Waals surface area contributed by atoms with E-state index in [0.717, 1.165) is 23.0 Å². The minimum Gasteiger partial charge on any atom is -0.348 e. The monoisotopic (exact) mass is 460 g/mol. The third-order valence-corrected chi connectivity index (χ3v) is 7.82. The van der Waals surface area contributed by atoms with E-state index >= 15 is 0 Å². The molecule has 0 bridgehead atoms. The summed E-state index contributed by atoms with van der Waals surface area (Å²) in [6, 6.07) is 12.2. The van der Waals surface area contributed by atoms with E-state index in [9.17, 15) is 13.2 Å². The highest BCUT2D eigenvalue weighted by Crippen LogP contribution is 2.25. The second-order valence-electron chi connectivity index (χ2n) is 7.60. The third kappa shape index (κ3) is 4.28. The largest absolute Gasteiger partial charge is 0.348 e. The van der Waals surface area contributed by atoms with E-state index in [1.807, 2.05) is 38.2 Å². The molecule has 1 fully saturated rings. The molecule has 1 aliphatic heterocycles. The van der Waals surface area contributed by atoms with Crippen LogP contribution in [0.2, 0.25) is 5.02 Å². The fourth-order valence-electron chi connectivity index (χ4n) is 3.82. The minimum atomic E-state index is -3.62. The van der Waals surface area contributed by atoms with Gasteiger partial charge in [-0.25, -0.2) is 13.2 Å². The fraction of sp³-hybridized carbons (Fsp3) is 0.318. The second kappa shape index (κ2) is 8.53. The van der Waals surface area contributed by atoms with E-state index in [-0.39, 0.29) is 24.0 Å². The molecule has 3 aromatic rings. The van der Waals surface area contributed by atoms with Crippen molar-refractivity contribution >= 4 is 44.2 Å². The minimum absolute atomic E-state index is 0.248. The standard InChI is InChI=1S/C22H25ClN4O3S/c1-3-25-9-8-17-14-19(6-7-21(17)25)31(29,30)27-12-10-26(11-13-27)22(28)24-20-15-18(23)5-4-16(20)2/h4-9,14-15H,3,10-13H2,1-2H3,(H,24,28). The molecule has 7 nitrogen and oxygen atoms in total. The Morgan fingerprint density at radius 2 is 1.81 bits per heavy atom. The van der Waals surface area contributed by atoms with Crippen molar-refractivity contribution in [1.82, 2.24) is 13.8 Å². The van der Waals surface area contributed by atoms with Gasteiger partial charge in [0.1, 0.15) is 0 Å². The number of halogens is 1. The maximum Gasteiger partial charge on any atom is 0.321 e. The lowest BCUT2D eigenvalue weighted by Gasteiger charge is -2.34. The molecule has 1 aromatic heterocycles. The number of nitrogens with one attached hydrogen (secondary N) is 1. The van der Waals surface area contributed by atoms with E-state index in [1.165, 1.54) is 4.31 Å². The highest BCUT2D eigenvalue weighted by atomic mass is 35.5. The molecule has 0 radical (unpaired) electrons. The number of hydrogen-bond donors (Lipinski definition) is 1. The van der Waals surface area contributed by atoms with Crippen LogP contribution in [0.3, 0.4) is 0 Å². The molecule has 0 spiro atoms. The third-order valence-electron chi connectivity index (χ3n) is 5.69. The van der Waals surface area contributed by atoms with Crippen LogP contribution in [-0.4, -0.2) is 54.4 Å². The van der Waals surface area contributed by atoms with Crippen molar-refractivity contribution in [3.05, 3.63) is 59.2 Å². The van der Waals surface area contributed by atoms with Crippen LogP contribution in [0, 0.1) is 6.92 Å². The number of aryl methyl sites for hydroxylation is 2. The number of fused-ring (bicyclic) bond motifs is 1. The first-order valence-corrected chi connectivity index (χ1v) is 12.0. The average Bonchev–Trinajstić information content (AvgIpc) is 3.18. The summed E-state index contributed by atoms with van der Waals surface area (Å²) in [5.74, 6) is 0. The van der Waals surface area contributed by atoms with Crippen molar-refractivity contribution in [1.29, 1.82) is 0 Å². The average molecular weight is 461 g/mol. The number of carbonyl (C=O) groups excluding carboxylic acids is 1. The van der Waals surface area contributed by atoms with Crippen LogP contribution in [0.4, 0.5) is 10.5 Å². The zero-order valence-electron chi connectivity index (χ0n) is 17.5. The van der Waals surface area contributed by atoms with E-state index in [0.29, 0.717) is 23.8 Å². The molecule has 31 heavy (non-hydrogen) atoms. The quantitative estimate of drug-likeness (QED) is 0.635. The van der Waals surface area contributed by atoms with Gasteiger partial charge < -0.3 is 14.8 Å². The summed E-state index contributed by atoms with van der Waals surface area (Å²) in [6.45, 7) is 5.90. The summed E-state index contributed by atoms with van der Waals surface area (Å²) in [4.78, 5) is 14.5. The van der Waals surface area contributed by atoms with Crippen molar-refractivity contribution < 1.29 is 13.2 Å². The Kier molecular flexibility index (Phi) is 5.96. The molecule has 164 valence electrons. The Hall–Kier alpha value is -2.55. The van der Waals surface area contributed by atoms with Gasteiger partial charge in [-0.3, -0.25) is 0 Å². The van der Waals surface area contributed by atoms with Gasteiger partial charge >= 0.3 is 6.03 Å². The number of hydrogen-bond acceptors (Lipinski definition) is 3. The van der Waals surface area contributed by atoms with Crippen molar-refractivity contribution in [2.45, 2.75) is 25.3 Å². The first-order chi connectivity index (χ1) is 14.8. The van der Waals surface area contributed by atoms with Gasteiger partial charge in [-0.2, -0.15) is 4.31 Å². The number of urea groups is 1. The van der Waals surface area contributed by atoms with Gasteiger partial charge in [0, 0.05) is 60.5 Å². The zero-order chi connectivity index (χ0) is 22.2. The van der Waals surface area contributed by atoms with Crippen molar-refractivity contribution in [2.75, 3.05) is 31.5 Å². The molecule has 2 heterocycles. The number of carbonyl (C=O) groups is 1. The number of rotatable bonds is 4. The summed E-state index contributed by atoms with van der Waals surface area (Å²) < 4.78 is 29.8. The molecule has 1 saturated heterocycles. The second-order valence-corrected chi connectivity index (χ2v) is 9.98. The van der Waals surface area contributed by atoms with Crippen molar-refractivity contribution in [2.24, 2.45) is 0 Å². The summed E-state index contributed by atoms with van der Waals surface area (Å²) in [5.41, 5.74) is 2.57. The van der Waals surface area contributed by atoms with Crippen LogP contribution in [0.25, 0.3) is 10.9 Å². The molecule has 0 unspecified atom stereocenters. The number of sulfonamides is 1. The Bertz CT molecular complexity index is 1230. The number of amides is 2. The smallest absolute Gasteiger partial charge is 0.321 e. The molecule has 2 amide bonds. The number of piperazine rings is 1. The molecule has 2 aromatic carbocycles. The normalized spacial score (nSPS) is 15.4.